The van der Waals surface area contributed by atoms with Crippen molar-refractivity contribution in [2.75, 3.05) is 18.1 Å². The van der Waals surface area contributed by atoms with E-state index in [1.165, 1.54) is 32.1 Å². The summed E-state index contributed by atoms with van der Waals surface area (Å²) in [4.78, 5) is 15.2. The van der Waals surface area contributed by atoms with Crippen LogP contribution in [0, 0.1) is 17.3 Å². The predicted molar refractivity (Wildman–Crippen MR) is 85.1 cm³/mol. The quantitative estimate of drug-likeness (QED) is 0.783. The lowest BCUT2D eigenvalue weighted by Crippen LogP contribution is -2.41. The van der Waals surface area contributed by atoms with Crippen LogP contribution < -0.4 is 0 Å². The normalized spacial score (nSPS) is 36.8. The molecule has 2 aliphatic carbocycles. The van der Waals surface area contributed by atoms with Crippen LogP contribution in [0.15, 0.2) is 0 Å². The maximum atomic E-state index is 13.0. The van der Waals surface area contributed by atoms with E-state index in [0.29, 0.717) is 36.3 Å². The highest BCUT2D eigenvalue weighted by Gasteiger charge is 2.60. The molecule has 4 rings (SSSR count). The molecule has 2 saturated carbocycles. The summed E-state index contributed by atoms with van der Waals surface area (Å²) in [6.07, 6.45) is 9.95. The maximum absolute atomic E-state index is 13.0. The summed E-state index contributed by atoms with van der Waals surface area (Å²) in [6, 6.07) is 0.486. The number of amides is 1. The highest BCUT2D eigenvalue weighted by molar-refractivity contribution is 7.91. The topological polar surface area (TPSA) is 54.5 Å². The Kier molecular flexibility index (Phi) is 3.55. The molecular weight excluding hydrogens is 298 g/mol. The molecule has 5 heteroatoms. The summed E-state index contributed by atoms with van der Waals surface area (Å²) in [5, 5.41) is 0. The molecule has 2 atom stereocenters. The van der Waals surface area contributed by atoms with Gasteiger partial charge in [-0.1, -0.05) is 12.8 Å². The molecule has 0 aromatic carbocycles. The van der Waals surface area contributed by atoms with Crippen molar-refractivity contribution < 1.29 is 13.2 Å². The standard InChI is InChI=1S/C17H27NO3S/c19-16(14-12-17(14)7-10-22(20,21)11-8-17)18-9-3-6-15(18)13-4-1-2-5-13/h13-15H,1-12H2. The summed E-state index contributed by atoms with van der Waals surface area (Å²) >= 11 is 0. The van der Waals surface area contributed by atoms with E-state index in [4.69, 9.17) is 0 Å². The number of hydrogen-bond donors (Lipinski definition) is 0. The van der Waals surface area contributed by atoms with Gasteiger partial charge in [-0.15, -0.1) is 0 Å². The number of hydrogen-bond acceptors (Lipinski definition) is 3. The zero-order chi connectivity index (χ0) is 15.4. The second-order valence-corrected chi connectivity index (χ2v) is 10.4. The van der Waals surface area contributed by atoms with Gasteiger partial charge in [-0.25, -0.2) is 8.42 Å². The van der Waals surface area contributed by atoms with Gasteiger partial charge in [0, 0.05) is 18.5 Å². The van der Waals surface area contributed by atoms with Crippen LogP contribution in [0.4, 0.5) is 0 Å². The number of rotatable bonds is 2. The van der Waals surface area contributed by atoms with Crippen molar-refractivity contribution in [1.82, 2.24) is 4.90 Å². The van der Waals surface area contributed by atoms with Crippen LogP contribution >= 0.6 is 0 Å². The molecule has 22 heavy (non-hydrogen) atoms. The summed E-state index contributed by atoms with van der Waals surface area (Å²) in [5.74, 6) is 1.80. The van der Waals surface area contributed by atoms with Crippen molar-refractivity contribution in [3.05, 3.63) is 0 Å². The van der Waals surface area contributed by atoms with Crippen molar-refractivity contribution in [2.45, 2.75) is 63.8 Å². The molecule has 1 spiro atoms. The van der Waals surface area contributed by atoms with Crippen LogP contribution in [0.1, 0.15) is 57.8 Å². The summed E-state index contributed by atoms with van der Waals surface area (Å²) in [7, 11) is -2.83. The molecule has 0 radical (unpaired) electrons. The Balaban J connectivity index is 1.42. The zero-order valence-electron chi connectivity index (χ0n) is 13.3. The Morgan fingerprint density at radius 3 is 2.36 bits per heavy atom. The molecule has 1 amide bonds. The summed E-state index contributed by atoms with van der Waals surface area (Å²) in [6.45, 7) is 0.935. The van der Waals surface area contributed by atoms with Crippen LogP contribution in [-0.4, -0.2) is 43.3 Å². The van der Waals surface area contributed by atoms with Gasteiger partial charge in [0.25, 0.3) is 0 Å². The van der Waals surface area contributed by atoms with Gasteiger partial charge in [0.15, 0.2) is 0 Å². The number of carbonyl (C=O) groups excluding carboxylic acids is 1. The van der Waals surface area contributed by atoms with E-state index in [-0.39, 0.29) is 11.3 Å². The van der Waals surface area contributed by atoms with E-state index in [0.717, 1.165) is 25.3 Å². The molecule has 2 aliphatic heterocycles. The van der Waals surface area contributed by atoms with Gasteiger partial charge in [-0.2, -0.15) is 0 Å². The van der Waals surface area contributed by atoms with E-state index in [9.17, 15) is 13.2 Å². The lowest BCUT2D eigenvalue weighted by atomic mass is 9.93. The SMILES string of the molecule is O=C(C1CC12CCS(=O)(=O)CC2)N1CCCC1C1CCCC1. The molecule has 2 saturated heterocycles. The van der Waals surface area contributed by atoms with Gasteiger partial charge in [0.2, 0.25) is 5.91 Å². The van der Waals surface area contributed by atoms with Crippen LogP contribution in [-0.2, 0) is 14.6 Å². The van der Waals surface area contributed by atoms with Crippen LogP contribution in [0.25, 0.3) is 0 Å². The molecule has 2 unspecified atom stereocenters. The van der Waals surface area contributed by atoms with Crippen molar-refractivity contribution >= 4 is 15.7 Å². The van der Waals surface area contributed by atoms with Crippen LogP contribution in [0.2, 0.25) is 0 Å². The predicted octanol–water partition coefficient (Wildman–Crippen LogP) is 2.38. The molecule has 4 fully saturated rings. The first-order chi connectivity index (χ1) is 10.5. The van der Waals surface area contributed by atoms with E-state index >= 15 is 0 Å². The van der Waals surface area contributed by atoms with E-state index in [1.54, 1.807) is 0 Å². The Hall–Kier alpha value is -0.580. The molecular formula is C17H27NO3S. The minimum Gasteiger partial charge on any atom is -0.339 e. The van der Waals surface area contributed by atoms with Gasteiger partial charge in [-0.05, 0) is 56.3 Å². The molecule has 2 heterocycles. The van der Waals surface area contributed by atoms with E-state index in [2.05, 4.69) is 4.90 Å². The first-order valence-electron chi connectivity index (χ1n) is 9.02. The van der Waals surface area contributed by atoms with Gasteiger partial charge in [0.05, 0.1) is 11.5 Å². The molecule has 4 aliphatic rings. The monoisotopic (exact) mass is 325 g/mol. The molecule has 0 N–H and O–H groups in total. The number of likely N-dealkylation sites (tertiary alicyclic amines) is 1. The number of nitrogens with zero attached hydrogens (tertiary/aromatic N) is 1. The van der Waals surface area contributed by atoms with Gasteiger partial charge < -0.3 is 4.90 Å². The third kappa shape index (κ3) is 2.49. The second-order valence-electron chi connectivity index (χ2n) is 8.06. The fraction of sp³-hybridized carbons (Fsp3) is 0.941. The van der Waals surface area contributed by atoms with Crippen molar-refractivity contribution in [3.8, 4) is 0 Å². The second kappa shape index (κ2) is 5.22. The van der Waals surface area contributed by atoms with Gasteiger partial charge in [-0.3, -0.25) is 4.79 Å². The average Bonchev–Trinajstić information content (AvgIpc) is 2.91. The minimum atomic E-state index is -2.83. The third-order valence-corrected chi connectivity index (χ3v) is 8.49. The van der Waals surface area contributed by atoms with Crippen molar-refractivity contribution in [2.24, 2.45) is 17.3 Å². The van der Waals surface area contributed by atoms with Crippen molar-refractivity contribution in [1.29, 1.82) is 0 Å². The van der Waals surface area contributed by atoms with Crippen molar-refractivity contribution in [3.63, 3.8) is 0 Å². The average molecular weight is 325 g/mol. The Morgan fingerprint density at radius 1 is 1.00 bits per heavy atom. The lowest BCUT2D eigenvalue weighted by Gasteiger charge is -2.31. The molecule has 124 valence electrons. The minimum absolute atomic E-state index is 0.0468. The smallest absolute Gasteiger partial charge is 0.226 e. The lowest BCUT2D eigenvalue weighted by molar-refractivity contribution is -0.135. The van der Waals surface area contributed by atoms with Crippen LogP contribution in [0.3, 0.4) is 0 Å². The zero-order valence-corrected chi connectivity index (χ0v) is 14.1. The molecule has 0 aromatic heterocycles. The largest absolute Gasteiger partial charge is 0.339 e. The summed E-state index contributed by atoms with van der Waals surface area (Å²) < 4.78 is 23.3. The Bertz CT molecular complexity index is 550. The molecule has 4 nitrogen and oxygen atoms in total. The van der Waals surface area contributed by atoms with Gasteiger partial charge in [0.1, 0.15) is 9.84 Å². The first kappa shape index (κ1) is 15.0. The molecule has 0 bridgehead atoms. The van der Waals surface area contributed by atoms with Gasteiger partial charge >= 0.3 is 0 Å². The number of sulfone groups is 1. The first-order valence-corrected chi connectivity index (χ1v) is 10.8. The highest BCUT2D eigenvalue weighted by atomic mass is 32.2. The van der Waals surface area contributed by atoms with Crippen LogP contribution in [0.5, 0.6) is 0 Å². The fourth-order valence-corrected chi connectivity index (χ4v) is 6.93. The van der Waals surface area contributed by atoms with E-state index < -0.39 is 9.84 Å². The van der Waals surface area contributed by atoms with E-state index in [1.807, 2.05) is 0 Å². The fourth-order valence-electron chi connectivity index (χ4n) is 5.29. The highest BCUT2D eigenvalue weighted by Crippen LogP contribution is 2.60. The maximum Gasteiger partial charge on any atom is 0.226 e. The Morgan fingerprint density at radius 2 is 1.68 bits per heavy atom. The molecule has 0 aromatic rings. The number of carbonyl (C=O) groups is 1. The Labute approximate surface area is 133 Å². The summed E-state index contributed by atoms with van der Waals surface area (Å²) in [5.41, 5.74) is 0.0468. The third-order valence-electron chi connectivity index (χ3n) is 6.84.